The molecule has 0 aromatic heterocycles. The number of anilines is 2. The molecule has 7 nitrogen and oxygen atoms in total. The van der Waals surface area contributed by atoms with Crippen molar-refractivity contribution in [3.05, 3.63) is 59.7 Å². The summed E-state index contributed by atoms with van der Waals surface area (Å²) in [6.07, 6.45) is 2.57. The molecule has 1 saturated carbocycles. The summed E-state index contributed by atoms with van der Waals surface area (Å²) in [6.45, 7) is 0.497. The summed E-state index contributed by atoms with van der Waals surface area (Å²) in [4.78, 5) is 35.7. The van der Waals surface area contributed by atoms with Crippen molar-refractivity contribution in [1.29, 1.82) is 0 Å². The zero-order chi connectivity index (χ0) is 20.8. The minimum absolute atomic E-state index is 0.0454. The maximum absolute atomic E-state index is 12.8. The Kier molecular flexibility index (Phi) is 6.49. The lowest BCUT2D eigenvalue weighted by Crippen LogP contribution is -2.36. The molecular weight excluding hydrogens is 372 g/mol. The van der Waals surface area contributed by atoms with Gasteiger partial charge in [0.15, 0.2) is 0 Å². The van der Waals surface area contributed by atoms with Gasteiger partial charge in [0.2, 0.25) is 5.91 Å². The van der Waals surface area contributed by atoms with Crippen LogP contribution in [0.15, 0.2) is 48.5 Å². The number of carbonyl (C=O) groups is 3. The molecule has 0 saturated heterocycles. The van der Waals surface area contributed by atoms with E-state index in [1.807, 2.05) is 30.3 Å². The molecule has 2 aromatic carbocycles. The fourth-order valence-corrected chi connectivity index (χ4v) is 3.69. The number of nitrogens with one attached hydrogen (secondary N) is 2. The minimum Gasteiger partial charge on any atom is -0.481 e. The number of carbonyl (C=O) groups excluding carboxylic acids is 1. The van der Waals surface area contributed by atoms with Crippen LogP contribution in [0.3, 0.4) is 0 Å². The number of carboxylic acids is 2. The molecule has 1 aliphatic rings. The summed E-state index contributed by atoms with van der Waals surface area (Å²) < 4.78 is 0. The van der Waals surface area contributed by atoms with Gasteiger partial charge in [-0.05, 0) is 36.6 Å². The third-order valence-electron chi connectivity index (χ3n) is 5.27. The van der Waals surface area contributed by atoms with Crippen LogP contribution in [0.1, 0.15) is 41.6 Å². The van der Waals surface area contributed by atoms with Crippen LogP contribution in [-0.4, -0.2) is 28.1 Å². The highest BCUT2D eigenvalue weighted by molar-refractivity contribution is 5.99. The van der Waals surface area contributed by atoms with Crippen LogP contribution < -0.4 is 10.6 Å². The van der Waals surface area contributed by atoms with E-state index in [2.05, 4.69) is 10.6 Å². The first-order valence-corrected chi connectivity index (χ1v) is 9.64. The molecule has 1 amide bonds. The molecule has 2 aromatic rings. The second kappa shape index (κ2) is 9.23. The third kappa shape index (κ3) is 5.13. The second-order valence-electron chi connectivity index (χ2n) is 7.23. The van der Waals surface area contributed by atoms with E-state index in [0.29, 0.717) is 30.8 Å². The first-order chi connectivity index (χ1) is 14.0. The smallest absolute Gasteiger partial charge is 0.335 e. The van der Waals surface area contributed by atoms with E-state index in [4.69, 9.17) is 0 Å². The molecule has 2 unspecified atom stereocenters. The van der Waals surface area contributed by atoms with Crippen LogP contribution in [0.25, 0.3) is 0 Å². The highest BCUT2D eigenvalue weighted by Crippen LogP contribution is 2.32. The van der Waals surface area contributed by atoms with E-state index in [1.165, 1.54) is 12.1 Å². The predicted octanol–water partition coefficient (Wildman–Crippen LogP) is 3.83. The maximum atomic E-state index is 12.8. The van der Waals surface area contributed by atoms with Crippen molar-refractivity contribution in [2.24, 2.45) is 11.8 Å². The van der Waals surface area contributed by atoms with E-state index < -0.39 is 23.8 Å². The number of benzene rings is 2. The number of rotatable bonds is 7. The summed E-state index contributed by atoms with van der Waals surface area (Å²) in [7, 11) is 0. The number of aliphatic carboxylic acids is 1. The van der Waals surface area contributed by atoms with Gasteiger partial charge < -0.3 is 20.8 Å². The van der Waals surface area contributed by atoms with Crippen LogP contribution in [0.2, 0.25) is 0 Å². The van der Waals surface area contributed by atoms with Crippen LogP contribution >= 0.6 is 0 Å². The fraction of sp³-hybridized carbons (Fsp3) is 0.318. The van der Waals surface area contributed by atoms with Crippen molar-refractivity contribution >= 4 is 29.2 Å². The molecule has 0 aliphatic heterocycles. The fourth-order valence-electron chi connectivity index (χ4n) is 3.69. The SMILES string of the molecule is O=C(O)c1ccc(NCc2ccccc2)c(NC(=O)C2CCCCC2C(=O)O)c1. The minimum atomic E-state index is -1.10. The largest absolute Gasteiger partial charge is 0.481 e. The molecule has 0 spiro atoms. The van der Waals surface area contributed by atoms with Crippen molar-refractivity contribution in [1.82, 2.24) is 0 Å². The molecule has 1 fully saturated rings. The van der Waals surface area contributed by atoms with Crippen LogP contribution in [0, 0.1) is 11.8 Å². The zero-order valence-corrected chi connectivity index (χ0v) is 15.9. The van der Waals surface area contributed by atoms with E-state index in [-0.39, 0.29) is 11.5 Å². The third-order valence-corrected chi connectivity index (χ3v) is 5.27. The zero-order valence-electron chi connectivity index (χ0n) is 15.9. The lowest BCUT2D eigenvalue weighted by molar-refractivity contribution is -0.147. The molecule has 0 heterocycles. The van der Waals surface area contributed by atoms with Gasteiger partial charge in [-0.1, -0.05) is 43.2 Å². The molecule has 7 heteroatoms. The number of hydrogen-bond acceptors (Lipinski definition) is 4. The average molecular weight is 396 g/mol. The second-order valence-corrected chi connectivity index (χ2v) is 7.23. The first kappa shape index (κ1) is 20.4. The highest BCUT2D eigenvalue weighted by atomic mass is 16.4. The van der Waals surface area contributed by atoms with Crippen molar-refractivity contribution in [2.45, 2.75) is 32.2 Å². The van der Waals surface area contributed by atoms with Crippen molar-refractivity contribution in [3.8, 4) is 0 Å². The molecular formula is C22H24N2O5. The van der Waals surface area contributed by atoms with Gasteiger partial charge in [-0.3, -0.25) is 9.59 Å². The topological polar surface area (TPSA) is 116 Å². The average Bonchev–Trinajstić information content (AvgIpc) is 2.73. The van der Waals surface area contributed by atoms with E-state index in [0.717, 1.165) is 18.4 Å². The van der Waals surface area contributed by atoms with Gasteiger partial charge in [-0.25, -0.2) is 4.79 Å². The molecule has 152 valence electrons. The van der Waals surface area contributed by atoms with Gasteiger partial charge in [0.1, 0.15) is 0 Å². The lowest BCUT2D eigenvalue weighted by atomic mass is 9.78. The Morgan fingerprint density at radius 2 is 1.59 bits per heavy atom. The Balaban J connectivity index is 1.81. The normalized spacial score (nSPS) is 18.6. The molecule has 4 N–H and O–H groups in total. The van der Waals surface area contributed by atoms with Crippen LogP contribution in [0.4, 0.5) is 11.4 Å². The van der Waals surface area contributed by atoms with Gasteiger partial charge in [0, 0.05) is 6.54 Å². The quantitative estimate of drug-likeness (QED) is 0.565. The Labute approximate surface area is 168 Å². The van der Waals surface area contributed by atoms with Gasteiger partial charge >= 0.3 is 11.9 Å². The summed E-state index contributed by atoms with van der Waals surface area (Å²) in [5.41, 5.74) is 1.99. The predicted molar refractivity (Wildman–Crippen MR) is 109 cm³/mol. The van der Waals surface area contributed by atoms with E-state index >= 15 is 0 Å². The van der Waals surface area contributed by atoms with Crippen LogP contribution in [0.5, 0.6) is 0 Å². The molecule has 0 bridgehead atoms. The van der Waals surface area contributed by atoms with Crippen molar-refractivity contribution < 1.29 is 24.6 Å². The van der Waals surface area contributed by atoms with E-state index in [9.17, 15) is 24.6 Å². The number of amides is 1. The Morgan fingerprint density at radius 1 is 0.897 bits per heavy atom. The standard InChI is InChI=1S/C22H24N2O5/c25-20(16-8-4-5-9-17(16)22(28)29)24-19-12-15(21(26)27)10-11-18(19)23-13-14-6-2-1-3-7-14/h1-3,6-7,10-12,16-17,23H,4-5,8-9,13H2,(H,24,25)(H,26,27)(H,28,29). The van der Waals surface area contributed by atoms with Gasteiger partial charge in [0.25, 0.3) is 0 Å². The molecule has 29 heavy (non-hydrogen) atoms. The Bertz CT molecular complexity index is 897. The Hall–Kier alpha value is -3.35. The highest BCUT2D eigenvalue weighted by Gasteiger charge is 2.36. The molecule has 0 radical (unpaired) electrons. The Morgan fingerprint density at radius 3 is 2.24 bits per heavy atom. The molecule has 2 atom stereocenters. The van der Waals surface area contributed by atoms with Gasteiger partial charge in [-0.2, -0.15) is 0 Å². The molecule has 1 aliphatic carbocycles. The summed E-state index contributed by atoms with van der Waals surface area (Å²) in [5, 5.41) is 24.7. The van der Waals surface area contributed by atoms with Crippen LogP contribution in [-0.2, 0) is 16.1 Å². The van der Waals surface area contributed by atoms with Gasteiger partial charge in [0.05, 0.1) is 28.8 Å². The maximum Gasteiger partial charge on any atom is 0.335 e. The van der Waals surface area contributed by atoms with Gasteiger partial charge in [-0.15, -0.1) is 0 Å². The first-order valence-electron chi connectivity index (χ1n) is 9.64. The monoisotopic (exact) mass is 396 g/mol. The summed E-state index contributed by atoms with van der Waals surface area (Å²) >= 11 is 0. The summed E-state index contributed by atoms with van der Waals surface area (Å²) in [5.74, 6) is -3.80. The number of carboxylic acid groups (broad SMARTS) is 2. The molecule has 3 rings (SSSR count). The van der Waals surface area contributed by atoms with Crippen molar-refractivity contribution in [3.63, 3.8) is 0 Å². The number of aromatic carboxylic acids is 1. The van der Waals surface area contributed by atoms with E-state index in [1.54, 1.807) is 6.07 Å². The van der Waals surface area contributed by atoms with Crippen molar-refractivity contribution in [2.75, 3.05) is 10.6 Å². The lowest BCUT2D eigenvalue weighted by Gasteiger charge is -2.27. The number of hydrogen-bond donors (Lipinski definition) is 4. The summed E-state index contributed by atoms with van der Waals surface area (Å²) in [6, 6.07) is 14.1.